The van der Waals surface area contributed by atoms with E-state index in [1.165, 1.54) is 0 Å². The molecule has 90 valence electrons. The summed E-state index contributed by atoms with van der Waals surface area (Å²) in [6.07, 6.45) is 5.63. The lowest BCUT2D eigenvalue weighted by molar-refractivity contribution is 0.643. The third-order valence-electron chi connectivity index (χ3n) is 2.36. The summed E-state index contributed by atoms with van der Waals surface area (Å²) >= 11 is 3.41. The van der Waals surface area contributed by atoms with Crippen molar-refractivity contribution < 1.29 is 0 Å². The predicted molar refractivity (Wildman–Crippen MR) is 70.6 cm³/mol. The van der Waals surface area contributed by atoms with E-state index in [1.54, 1.807) is 6.20 Å². The van der Waals surface area contributed by atoms with E-state index in [0.29, 0.717) is 0 Å². The number of rotatable bonds is 5. The van der Waals surface area contributed by atoms with Crippen molar-refractivity contribution in [1.29, 1.82) is 0 Å². The molecule has 17 heavy (non-hydrogen) atoms. The highest BCUT2D eigenvalue weighted by Gasteiger charge is 2.00. The molecule has 0 saturated carbocycles. The highest BCUT2D eigenvalue weighted by atomic mass is 79.9. The minimum atomic E-state index is 0.749. The summed E-state index contributed by atoms with van der Waals surface area (Å²) in [6, 6.07) is 4.09. The zero-order valence-electron chi connectivity index (χ0n) is 9.73. The molecule has 0 saturated heterocycles. The van der Waals surface area contributed by atoms with Crippen LogP contribution in [-0.2, 0) is 13.1 Å². The van der Waals surface area contributed by atoms with E-state index in [9.17, 15) is 0 Å². The lowest BCUT2D eigenvalue weighted by Gasteiger charge is -2.02. The van der Waals surface area contributed by atoms with Crippen LogP contribution in [0.4, 0.5) is 0 Å². The van der Waals surface area contributed by atoms with Gasteiger partial charge in [-0.2, -0.15) is 5.10 Å². The molecular weight excluding hydrogens is 280 g/mol. The molecule has 0 bridgehead atoms. The van der Waals surface area contributed by atoms with Gasteiger partial charge in [-0.25, -0.2) is 0 Å². The number of pyridine rings is 1. The molecule has 0 aromatic carbocycles. The van der Waals surface area contributed by atoms with Crippen LogP contribution in [0.3, 0.4) is 0 Å². The highest BCUT2D eigenvalue weighted by Crippen LogP contribution is 2.10. The summed E-state index contributed by atoms with van der Waals surface area (Å²) in [4.78, 5) is 4.14. The summed E-state index contributed by atoms with van der Waals surface area (Å²) in [5.41, 5.74) is 2.20. The van der Waals surface area contributed by atoms with E-state index in [0.717, 1.165) is 35.4 Å². The maximum Gasteiger partial charge on any atom is 0.0762 e. The maximum absolute atomic E-state index is 4.48. The number of hydrogen-bond acceptors (Lipinski definition) is 3. The van der Waals surface area contributed by atoms with E-state index in [4.69, 9.17) is 0 Å². The van der Waals surface area contributed by atoms with Gasteiger partial charge in [-0.05, 0) is 40.2 Å². The smallest absolute Gasteiger partial charge is 0.0762 e. The summed E-state index contributed by atoms with van der Waals surface area (Å²) in [5.74, 6) is 0. The van der Waals surface area contributed by atoms with E-state index in [2.05, 4.69) is 44.3 Å². The topological polar surface area (TPSA) is 42.7 Å². The van der Waals surface area contributed by atoms with Crippen molar-refractivity contribution >= 4 is 15.9 Å². The van der Waals surface area contributed by atoms with Gasteiger partial charge in [0.1, 0.15) is 0 Å². The van der Waals surface area contributed by atoms with Crippen LogP contribution in [0.2, 0.25) is 0 Å². The molecule has 2 aromatic rings. The van der Waals surface area contributed by atoms with Crippen LogP contribution < -0.4 is 5.32 Å². The maximum atomic E-state index is 4.48. The molecule has 0 amide bonds. The molecule has 2 rings (SSSR count). The molecule has 0 aliphatic carbocycles. The molecule has 0 unspecified atom stereocenters. The number of aromatic nitrogens is 3. The van der Waals surface area contributed by atoms with Crippen LogP contribution >= 0.6 is 15.9 Å². The Bertz CT molecular complexity index is 481. The number of halogens is 1. The van der Waals surface area contributed by atoms with Crippen molar-refractivity contribution in [3.8, 4) is 0 Å². The standard InChI is InChI=1S/C12H15BrN4/c1-2-14-8-12-3-4-17(16-12)9-10-5-11(13)7-15-6-10/h3-7,14H,2,8-9H2,1H3. The Morgan fingerprint density at radius 2 is 2.29 bits per heavy atom. The first-order valence-corrected chi connectivity index (χ1v) is 6.39. The lowest BCUT2D eigenvalue weighted by Crippen LogP contribution is -2.12. The number of nitrogens with zero attached hydrogens (tertiary/aromatic N) is 3. The summed E-state index contributed by atoms with van der Waals surface area (Å²) < 4.78 is 2.92. The van der Waals surface area contributed by atoms with E-state index < -0.39 is 0 Å². The van der Waals surface area contributed by atoms with Gasteiger partial charge in [0.15, 0.2) is 0 Å². The summed E-state index contributed by atoms with van der Waals surface area (Å²) in [5, 5.41) is 7.74. The molecule has 0 atom stereocenters. The predicted octanol–water partition coefficient (Wildman–Crippen LogP) is 2.20. The molecule has 0 spiro atoms. The largest absolute Gasteiger partial charge is 0.311 e. The Hall–Kier alpha value is -1.20. The van der Waals surface area contributed by atoms with Crippen molar-refractivity contribution in [2.24, 2.45) is 0 Å². The zero-order chi connectivity index (χ0) is 12.1. The van der Waals surface area contributed by atoms with Crippen LogP contribution in [0.25, 0.3) is 0 Å². The minimum Gasteiger partial charge on any atom is -0.311 e. The van der Waals surface area contributed by atoms with E-state index >= 15 is 0 Å². The van der Waals surface area contributed by atoms with Gasteiger partial charge in [-0.1, -0.05) is 6.92 Å². The Morgan fingerprint density at radius 1 is 1.41 bits per heavy atom. The normalized spacial score (nSPS) is 10.7. The van der Waals surface area contributed by atoms with Gasteiger partial charge in [0.25, 0.3) is 0 Å². The average Bonchev–Trinajstić information content (AvgIpc) is 2.74. The Morgan fingerprint density at radius 3 is 3.06 bits per heavy atom. The second-order valence-corrected chi connectivity index (χ2v) is 4.71. The molecule has 1 N–H and O–H groups in total. The Labute approximate surface area is 109 Å². The van der Waals surface area contributed by atoms with Crippen molar-refractivity contribution in [1.82, 2.24) is 20.1 Å². The molecule has 0 aliphatic heterocycles. The van der Waals surface area contributed by atoms with Gasteiger partial charge in [-0.15, -0.1) is 0 Å². The van der Waals surface area contributed by atoms with E-state index in [1.807, 2.05) is 23.1 Å². The van der Waals surface area contributed by atoms with Gasteiger partial charge < -0.3 is 5.32 Å². The quantitative estimate of drug-likeness (QED) is 0.919. The number of hydrogen-bond donors (Lipinski definition) is 1. The zero-order valence-corrected chi connectivity index (χ0v) is 11.3. The molecule has 0 fully saturated rings. The minimum absolute atomic E-state index is 0.749. The Balaban J connectivity index is 2.01. The molecule has 0 aliphatic rings. The molecule has 4 nitrogen and oxygen atoms in total. The van der Waals surface area contributed by atoms with Crippen molar-refractivity contribution in [3.05, 3.63) is 46.5 Å². The fraction of sp³-hybridized carbons (Fsp3) is 0.333. The van der Waals surface area contributed by atoms with Gasteiger partial charge >= 0.3 is 0 Å². The van der Waals surface area contributed by atoms with Gasteiger partial charge in [0, 0.05) is 29.6 Å². The second kappa shape index (κ2) is 5.93. The molecular formula is C12H15BrN4. The first-order chi connectivity index (χ1) is 8.28. The van der Waals surface area contributed by atoms with Gasteiger partial charge in [-0.3, -0.25) is 9.67 Å². The van der Waals surface area contributed by atoms with Crippen LogP contribution in [-0.4, -0.2) is 21.3 Å². The van der Waals surface area contributed by atoms with Crippen LogP contribution in [0.15, 0.2) is 35.2 Å². The van der Waals surface area contributed by atoms with Crippen LogP contribution in [0.5, 0.6) is 0 Å². The van der Waals surface area contributed by atoms with E-state index in [-0.39, 0.29) is 0 Å². The van der Waals surface area contributed by atoms with Crippen molar-refractivity contribution in [2.45, 2.75) is 20.0 Å². The summed E-state index contributed by atoms with van der Waals surface area (Å²) in [7, 11) is 0. The van der Waals surface area contributed by atoms with Crippen LogP contribution in [0.1, 0.15) is 18.2 Å². The molecule has 2 heterocycles. The van der Waals surface area contributed by atoms with Crippen molar-refractivity contribution in [3.63, 3.8) is 0 Å². The fourth-order valence-corrected chi connectivity index (χ4v) is 1.98. The summed E-state index contributed by atoms with van der Waals surface area (Å²) in [6.45, 7) is 4.62. The highest BCUT2D eigenvalue weighted by molar-refractivity contribution is 9.10. The fourth-order valence-electron chi connectivity index (χ4n) is 1.57. The average molecular weight is 295 g/mol. The SMILES string of the molecule is CCNCc1ccn(Cc2cncc(Br)c2)n1. The molecule has 5 heteroatoms. The lowest BCUT2D eigenvalue weighted by atomic mass is 10.3. The third kappa shape index (κ3) is 3.64. The Kier molecular flexibility index (Phi) is 4.28. The second-order valence-electron chi connectivity index (χ2n) is 3.80. The first-order valence-electron chi connectivity index (χ1n) is 5.60. The monoisotopic (exact) mass is 294 g/mol. The number of nitrogens with one attached hydrogen (secondary N) is 1. The van der Waals surface area contributed by atoms with Gasteiger partial charge in [0.05, 0.1) is 12.2 Å². The molecule has 0 radical (unpaired) electrons. The van der Waals surface area contributed by atoms with Crippen molar-refractivity contribution in [2.75, 3.05) is 6.54 Å². The third-order valence-corrected chi connectivity index (χ3v) is 2.79. The van der Waals surface area contributed by atoms with Gasteiger partial charge in [0.2, 0.25) is 0 Å². The van der Waals surface area contributed by atoms with Crippen LogP contribution in [0, 0.1) is 0 Å². The first kappa shape index (κ1) is 12.3. The molecule has 2 aromatic heterocycles.